The number of halogens is 2. The van der Waals surface area contributed by atoms with E-state index in [0.29, 0.717) is 18.6 Å². The highest BCUT2D eigenvalue weighted by Crippen LogP contribution is 2.38. The van der Waals surface area contributed by atoms with E-state index in [1.165, 1.54) is 0 Å². The molecule has 1 aromatic carbocycles. The van der Waals surface area contributed by atoms with Gasteiger partial charge >= 0.3 is 7.12 Å². The molecule has 144 valence electrons. The zero-order valence-corrected chi connectivity index (χ0v) is 16.2. The van der Waals surface area contributed by atoms with Crippen molar-refractivity contribution >= 4 is 18.3 Å². The zero-order valence-electron chi connectivity index (χ0n) is 16.2. The van der Waals surface area contributed by atoms with E-state index >= 15 is 0 Å². The Hall–Kier alpha value is -1.34. The number of ether oxygens (including phenoxy) is 1. The van der Waals surface area contributed by atoms with E-state index in [1.54, 1.807) is 0 Å². The van der Waals surface area contributed by atoms with Crippen LogP contribution in [-0.2, 0) is 9.31 Å². The summed E-state index contributed by atoms with van der Waals surface area (Å²) in [5.74, 6) is -1.93. The first-order valence-corrected chi connectivity index (χ1v) is 9.25. The van der Waals surface area contributed by atoms with Crippen LogP contribution in [0.5, 0.6) is 5.75 Å². The Labute approximate surface area is 154 Å². The van der Waals surface area contributed by atoms with Crippen molar-refractivity contribution in [2.75, 3.05) is 12.4 Å². The second-order valence-corrected chi connectivity index (χ2v) is 8.26. The number of rotatable bonds is 4. The van der Waals surface area contributed by atoms with Crippen LogP contribution in [0, 0.1) is 0 Å². The van der Waals surface area contributed by atoms with Crippen LogP contribution in [-0.4, -0.2) is 37.4 Å². The van der Waals surface area contributed by atoms with Gasteiger partial charge in [-0.25, -0.2) is 8.78 Å². The van der Waals surface area contributed by atoms with Crippen molar-refractivity contribution < 1.29 is 22.8 Å². The predicted octanol–water partition coefficient (Wildman–Crippen LogP) is 3.98. The normalized spacial score (nSPS) is 24.5. The Morgan fingerprint density at radius 2 is 1.65 bits per heavy atom. The first-order chi connectivity index (χ1) is 12.0. The first-order valence-electron chi connectivity index (χ1n) is 9.25. The van der Waals surface area contributed by atoms with E-state index in [2.05, 4.69) is 5.32 Å². The van der Waals surface area contributed by atoms with E-state index < -0.39 is 24.2 Å². The molecule has 1 aromatic rings. The SMILES string of the molecule is CNc1ccc(OC2CCC(F)(F)CC2)c(B2OC(C)(C)C(C)(C)O2)c1. The molecule has 0 radical (unpaired) electrons. The second kappa shape index (κ2) is 6.68. The Balaban J connectivity index is 1.83. The van der Waals surface area contributed by atoms with Gasteiger partial charge in [-0.3, -0.25) is 0 Å². The summed E-state index contributed by atoms with van der Waals surface area (Å²) in [6.07, 6.45) is 0.236. The summed E-state index contributed by atoms with van der Waals surface area (Å²) in [5.41, 5.74) is 0.777. The standard InChI is InChI=1S/C19H28BF2NO3/c1-17(2)18(3,4)26-20(25-17)15-12-13(23-5)6-7-16(15)24-14-8-10-19(21,22)11-9-14/h6-7,12,14,23H,8-11H2,1-5H3. The first kappa shape index (κ1) is 19.4. The van der Waals surface area contributed by atoms with E-state index in [9.17, 15) is 8.78 Å². The average molecular weight is 367 g/mol. The van der Waals surface area contributed by atoms with Gasteiger partial charge in [-0.05, 0) is 58.7 Å². The van der Waals surface area contributed by atoms with Crippen LogP contribution in [0.15, 0.2) is 18.2 Å². The fourth-order valence-corrected chi connectivity index (χ4v) is 3.28. The maximum atomic E-state index is 13.4. The highest BCUT2D eigenvalue weighted by Gasteiger charge is 2.52. The van der Waals surface area contributed by atoms with Crippen molar-refractivity contribution in [1.29, 1.82) is 0 Å². The molecule has 2 aliphatic rings. The molecule has 7 heteroatoms. The molecule has 0 bridgehead atoms. The van der Waals surface area contributed by atoms with Gasteiger partial charge < -0.3 is 19.4 Å². The van der Waals surface area contributed by atoms with Crippen molar-refractivity contribution in [3.8, 4) is 5.75 Å². The summed E-state index contributed by atoms with van der Waals surface area (Å²) < 4.78 is 45.2. The molecule has 3 rings (SSSR count). The molecular formula is C19H28BF2NO3. The molecule has 26 heavy (non-hydrogen) atoms. The number of hydrogen-bond donors (Lipinski definition) is 1. The van der Waals surface area contributed by atoms with Gasteiger partial charge in [0.25, 0.3) is 0 Å². The van der Waals surface area contributed by atoms with Crippen LogP contribution in [0.1, 0.15) is 53.4 Å². The quantitative estimate of drug-likeness (QED) is 0.818. The lowest BCUT2D eigenvalue weighted by Crippen LogP contribution is -2.41. The van der Waals surface area contributed by atoms with Crippen LogP contribution in [0.4, 0.5) is 14.5 Å². The summed E-state index contributed by atoms with van der Waals surface area (Å²) in [6, 6.07) is 5.70. The Bertz CT molecular complexity index is 640. The maximum absolute atomic E-state index is 13.4. The van der Waals surface area contributed by atoms with Gasteiger partial charge in [0.2, 0.25) is 5.92 Å². The molecule has 1 aliphatic carbocycles. The van der Waals surface area contributed by atoms with Crippen LogP contribution in [0.2, 0.25) is 0 Å². The van der Waals surface area contributed by atoms with Gasteiger partial charge in [-0.1, -0.05) is 0 Å². The molecule has 1 aliphatic heterocycles. The zero-order chi connectivity index (χ0) is 19.2. The third-order valence-corrected chi connectivity index (χ3v) is 5.76. The van der Waals surface area contributed by atoms with Gasteiger partial charge in [-0.15, -0.1) is 0 Å². The number of nitrogens with one attached hydrogen (secondary N) is 1. The fourth-order valence-electron chi connectivity index (χ4n) is 3.28. The fraction of sp³-hybridized carbons (Fsp3) is 0.684. The molecule has 0 aromatic heterocycles. The number of alkyl halides is 2. The molecular weight excluding hydrogens is 339 g/mol. The minimum absolute atomic E-state index is 0.127. The van der Waals surface area contributed by atoms with Gasteiger partial charge in [0.15, 0.2) is 0 Å². The van der Waals surface area contributed by atoms with Crippen molar-refractivity contribution in [1.82, 2.24) is 0 Å². The molecule has 2 fully saturated rings. The Kier molecular flexibility index (Phi) is 4.99. The molecule has 0 amide bonds. The molecule has 1 N–H and O–H groups in total. The van der Waals surface area contributed by atoms with Gasteiger partial charge in [0.1, 0.15) is 5.75 Å². The van der Waals surface area contributed by atoms with Crippen molar-refractivity contribution in [2.24, 2.45) is 0 Å². The molecule has 1 saturated heterocycles. The van der Waals surface area contributed by atoms with Crippen molar-refractivity contribution in [3.63, 3.8) is 0 Å². The number of benzene rings is 1. The Morgan fingerprint density at radius 3 is 2.19 bits per heavy atom. The summed E-state index contributed by atoms with van der Waals surface area (Å²) in [7, 11) is 1.28. The van der Waals surface area contributed by atoms with Crippen LogP contribution in [0.3, 0.4) is 0 Å². The van der Waals surface area contributed by atoms with E-state index in [4.69, 9.17) is 14.0 Å². The third-order valence-electron chi connectivity index (χ3n) is 5.76. The van der Waals surface area contributed by atoms with E-state index in [1.807, 2.05) is 52.9 Å². The number of hydrogen-bond acceptors (Lipinski definition) is 4. The topological polar surface area (TPSA) is 39.7 Å². The monoisotopic (exact) mass is 367 g/mol. The lowest BCUT2D eigenvalue weighted by molar-refractivity contribution is -0.0581. The minimum atomic E-state index is -2.57. The third kappa shape index (κ3) is 3.84. The highest BCUT2D eigenvalue weighted by molar-refractivity contribution is 6.63. The summed E-state index contributed by atoms with van der Waals surface area (Å²) in [4.78, 5) is 0. The highest BCUT2D eigenvalue weighted by atomic mass is 19.3. The van der Waals surface area contributed by atoms with Crippen molar-refractivity contribution in [2.45, 2.75) is 76.6 Å². The summed E-state index contributed by atoms with van der Waals surface area (Å²) in [5, 5.41) is 3.11. The molecule has 0 spiro atoms. The lowest BCUT2D eigenvalue weighted by atomic mass is 9.78. The van der Waals surface area contributed by atoms with E-state index in [-0.39, 0.29) is 18.9 Å². The molecule has 0 atom stereocenters. The molecule has 1 heterocycles. The maximum Gasteiger partial charge on any atom is 0.498 e. The minimum Gasteiger partial charge on any atom is -0.491 e. The largest absolute Gasteiger partial charge is 0.498 e. The summed E-state index contributed by atoms with van der Waals surface area (Å²) in [6.45, 7) is 7.99. The summed E-state index contributed by atoms with van der Waals surface area (Å²) >= 11 is 0. The van der Waals surface area contributed by atoms with Gasteiger partial charge in [-0.2, -0.15) is 0 Å². The average Bonchev–Trinajstić information content (AvgIpc) is 2.77. The molecule has 1 saturated carbocycles. The smallest absolute Gasteiger partial charge is 0.491 e. The van der Waals surface area contributed by atoms with Crippen LogP contribution >= 0.6 is 0 Å². The molecule has 4 nitrogen and oxygen atoms in total. The molecule has 0 unspecified atom stereocenters. The van der Waals surface area contributed by atoms with Crippen LogP contribution < -0.4 is 15.5 Å². The predicted molar refractivity (Wildman–Crippen MR) is 99.5 cm³/mol. The van der Waals surface area contributed by atoms with Crippen molar-refractivity contribution in [3.05, 3.63) is 18.2 Å². The van der Waals surface area contributed by atoms with Gasteiger partial charge in [0.05, 0.1) is 17.3 Å². The number of anilines is 1. The van der Waals surface area contributed by atoms with E-state index in [0.717, 1.165) is 11.2 Å². The Morgan fingerprint density at radius 1 is 1.08 bits per heavy atom. The van der Waals surface area contributed by atoms with Gasteiger partial charge in [0, 0.05) is 31.0 Å². The lowest BCUT2D eigenvalue weighted by Gasteiger charge is -2.32. The second-order valence-electron chi connectivity index (χ2n) is 8.26. The van der Waals surface area contributed by atoms with Crippen LogP contribution in [0.25, 0.3) is 0 Å².